The highest BCUT2D eigenvalue weighted by Crippen LogP contribution is 2.10. The molecule has 2 aromatic rings. The average molecular weight is 381 g/mol. The normalized spacial score (nSPS) is 12.0. The Hall–Kier alpha value is -3.15. The van der Waals surface area contributed by atoms with Gasteiger partial charge in [-0.2, -0.15) is 5.10 Å². The largest absolute Gasteiger partial charge is 0.481 e. The molecule has 0 bridgehead atoms. The van der Waals surface area contributed by atoms with Gasteiger partial charge >= 0.3 is 5.97 Å². The fourth-order valence-corrected chi connectivity index (χ4v) is 3.05. The molecule has 1 unspecified atom stereocenters. The summed E-state index contributed by atoms with van der Waals surface area (Å²) < 4.78 is 0. The summed E-state index contributed by atoms with van der Waals surface area (Å²) in [6.45, 7) is 0. The maximum Gasteiger partial charge on any atom is 0.305 e. The van der Waals surface area contributed by atoms with Crippen molar-refractivity contribution in [3.05, 3.63) is 71.3 Å². The van der Waals surface area contributed by atoms with Crippen LogP contribution in [0.25, 0.3) is 0 Å². The minimum atomic E-state index is -0.913. The van der Waals surface area contributed by atoms with E-state index < -0.39 is 12.0 Å². The summed E-state index contributed by atoms with van der Waals surface area (Å²) in [7, 11) is 0. The van der Waals surface area contributed by atoms with Crippen molar-refractivity contribution in [2.24, 2.45) is 10.9 Å². The van der Waals surface area contributed by atoms with Gasteiger partial charge in [-0.3, -0.25) is 9.59 Å². The first-order chi connectivity index (χ1) is 13.6. The molecular formula is C22H27N3O3. The zero-order chi connectivity index (χ0) is 20.2. The summed E-state index contributed by atoms with van der Waals surface area (Å²) in [5.74, 6) is 4.12. The fourth-order valence-electron chi connectivity index (χ4n) is 3.05. The van der Waals surface area contributed by atoms with Crippen LogP contribution >= 0.6 is 0 Å². The van der Waals surface area contributed by atoms with E-state index in [9.17, 15) is 9.59 Å². The maximum atomic E-state index is 12.2. The Bertz CT molecular complexity index is 773. The van der Waals surface area contributed by atoms with Crippen molar-refractivity contribution in [1.82, 2.24) is 5.32 Å². The molecule has 4 N–H and O–H groups in total. The zero-order valence-corrected chi connectivity index (χ0v) is 15.9. The number of hydrogen-bond acceptors (Lipinski definition) is 4. The molecule has 0 aromatic heterocycles. The number of carbonyl (C=O) groups excluding carboxylic acids is 1. The van der Waals surface area contributed by atoms with Gasteiger partial charge < -0.3 is 16.3 Å². The number of aryl methyl sites for hydroxylation is 1. The topological polar surface area (TPSA) is 105 Å². The van der Waals surface area contributed by atoms with Crippen LogP contribution in [0.4, 0.5) is 0 Å². The van der Waals surface area contributed by atoms with E-state index >= 15 is 0 Å². The number of hydrazone groups is 1. The van der Waals surface area contributed by atoms with Crippen molar-refractivity contribution < 1.29 is 14.7 Å². The van der Waals surface area contributed by atoms with E-state index in [1.807, 2.05) is 54.6 Å². The van der Waals surface area contributed by atoms with E-state index in [2.05, 4.69) is 10.4 Å². The molecule has 28 heavy (non-hydrogen) atoms. The number of carboxylic acid groups (broad SMARTS) is 1. The number of carbonyl (C=O) groups is 2. The number of unbranched alkanes of at least 4 members (excludes halogenated alkanes) is 1. The summed E-state index contributed by atoms with van der Waals surface area (Å²) in [6, 6.07) is 17.2. The van der Waals surface area contributed by atoms with Gasteiger partial charge in [0.1, 0.15) is 0 Å². The lowest BCUT2D eigenvalue weighted by atomic mass is 10.0. The number of hydrogen-bond donors (Lipinski definition) is 3. The molecule has 6 heteroatoms. The first kappa shape index (κ1) is 21.2. The second-order valence-corrected chi connectivity index (χ2v) is 6.78. The minimum Gasteiger partial charge on any atom is -0.481 e. The van der Waals surface area contributed by atoms with E-state index in [-0.39, 0.29) is 12.3 Å². The van der Waals surface area contributed by atoms with Crippen LogP contribution in [0.1, 0.15) is 42.4 Å². The number of nitrogens with zero attached hydrogens (tertiary/aromatic N) is 1. The van der Waals surface area contributed by atoms with Gasteiger partial charge in [-0.1, -0.05) is 54.6 Å². The van der Waals surface area contributed by atoms with Crippen molar-refractivity contribution in [3.8, 4) is 0 Å². The molecule has 1 atom stereocenters. The second kappa shape index (κ2) is 11.5. The molecule has 0 fully saturated rings. The van der Waals surface area contributed by atoms with Crippen LogP contribution in [-0.4, -0.2) is 29.2 Å². The van der Waals surface area contributed by atoms with E-state index in [1.165, 1.54) is 5.56 Å². The number of benzene rings is 2. The predicted octanol–water partition coefficient (Wildman–Crippen LogP) is 2.89. The number of amides is 1. The van der Waals surface area contributed by atoms with Crippen molar-refractivity contribution >= 4 is 18.1 Å². The molecule has 0 spiro atoms. The monoisotopic (exact) mass is 381 g/mol. The quantitative estimate of drug-likeness (QED) is 0.241. The fraction of sp³-hybridized carbons (Fsp3) is 0.318. The highest BCUT2D eigenvalue weighted by Gasteiger charge is 2.16. The second-order valence-electron chi connectivity index (χ2n) is 6.78. The molecule has 0 heterocycles. The van der Waals surface area contributed by atoms with Gasteiger partial charge in [-0.05, 0) is 42.4 Å². The molecule has 0 aliphatic carbocycles. The smallest absolute Gasteiger partial charge is 0.305 e. The highest BCUT2D eigenvalue weighted by atomic mass is 16.4. The third kappa shape index (κ3) is 8.03. The van der Waals surface area contributed by atoms with Gasteiger partial charge in [0, 0.05) is 12.5 Å². The third-order valence-corrected chi connectivity index (χ3v) is 4.43. The van der Waals surface area contributed by atoms with Gasteiger partial charge in [0.2, 0.25) is 5.91 Å². The summed E-state index contributed by atoms with van der Waals surface area (Å²) >= 11 is 0. The Kier molecular flexibility index (Phi) is 8.72. The van der Waals surface area contributed by atoms with Gasteiger partial charge in [0.15, 0.2) is 0 Å². The van der Waals surface area contributed by atoms with Crippen LogP contribution in [0, 0.1) is 0 Å². The average Bonchev–Trinajstić information content (AvgIpc) is 2.67. The van der Waals surface area contributed by atoms with Crippen molar-refractivity contribution in [2.75, 3.05) is 0 Å². The number of nitrogens with two attached hydrogens (primary N) is 1. The first-order valence-corrected chi connectivity index (χ1v) is 9.44. The van der Waals surface area contributed by atoms with Gasteiger partial charge in [-0.25, -0.2) is 0 Å². The van der Waals surface area contributed by atoms with Crippen molar-refractivity contribution in [2.45, 2.75) is 44.6 Å². The Morgan fingerprint density at radius 3 is 2.39 bits per heavy atom. The zero-order valence-electron chi connectivity index (χ0n) is 15.9. The lowest BCUT2D eigenvalue weighted by Crippen LogP contribution is -2.38. The van der Waals surface area contributed by atoms with Gasteiger partial charge in [0.05, 0.1) is 12.6 Å². The van der Waals surface area contributed by atoms with Gasteiger partial charge in [0.25, 0.3) is 0 Å². The molecule has 0 radical (unpaired) electrons. The SMILES string of the molecule is NN=Cc1ccc(CCCCC(=O)NC(CC(=O)O)Cc2ccccc2)cc1. The van der Waals surface area contributed by atoms with Gasteiger partial charge in [-0.15, -0.1) is 0 Å². The van der Waals surface area contributed by atoms with Crippen LogP contribution in [0.5, 0.6) is 0 Å². The van der Waals surface area contributed by atoms with Crippen molar-refractivity contribution in [3.63, 3.8) is 0 Å². The molecule has 148 valence electrons. The van der Waals surface area contributed by atoms with Crippen LogP contribution in [0.3, 0.4) is 0 Å². The third-order valence-electron chi connectivity index (χ3n) is 4.43. The lowest BCUT2D eigenvalue weighted by molar-refractivity contribution is -0.137. The van der Waals surface area contributed by atoms with Crippen LogP contribution in [0.2, 0.25) is 0 Å². The number of aliphatic carboxylic acids is 1. The summed E-state index contributed by atoms with van der Waals surface area (Å²) in [5, 5.41) is 15.5. The summed E-state index contributed by atoms with van der Waals surface area (Å²) in [5.41, 5.74) is 3.16. The van der Waals surface area contributed by atoms with Crippen LogP contribution in [0.15, 0.2) is 59.7 Å². The van der Waals surface area contributed by atoms with Crippen LogP contribution < -0.4 is 11.2 Å². The molecule has 1 amide bonds. The molecule has 0 saturated heterocycles. The molecule has 6 nitrogen and oxygen atoms in total. The number of rotatable bonds is 11. The predicted molar refractivity (Wildman–Crippen MR) is 110 cm³/mol. The van der Waals surface area contributed by atoms with E-state index in [0.717, 1.165) is 30.4 Å². The number of carboxylic acids is 1. The Balaban J connectivity index is 1.74. The molecule has 0 aliphatic heterocycles. The maximum absolute atomic E-state index is 12.2. The van der Waals surface area contributed by atoms with Crippen molar-refractivity contribution in [1.29, 1.82) is 0 Å². The minimum absolute atomic E-state index is 0.0842. The molecule has 0 saturated carbocycles. The van der Waals surface area contributed by atoms with Crippen LogP contribution in [-0.2, 0) is 22.4 Å². The Labute approximate surface area is 165 Å². The lowest BCUT2D eigenvalue weighted by Gasteiger charge is -2.17. The summed E-state index contributed by atoms with van der Waals surface area (Å²) in [4.78, 5) is 23.3. The Morgan fingerprint density at radius 1 is 1.04 bits per heavy atom. The summed E-state index contributed by atoms with van der Waals surface area (Å²) in [6.07, 6.45) is 4.94. The molecule has 2 rings (SSSR count). The highest BCUT2D eigenvalue weighted by molar-refractivity contribution is 5.79. The molecular weight excluding hydrogens is 354 g/mol. The molecule has 2 aromatic carbocycles. The standard InChI is InChI=1S/C22H27N3O3/c23-24-16-19-12-10-17(11-13-19)6-4-5-9-21(26)25-20(15-22(27)28)14-18-7-2-1-3-8-18/h1-3,7-8,10-13,16,20H,4-6,9,14-15,23H2,(H,25,26)(H,27,28). The van der Waals surface area contributed by atoms with E-state index in [4.69, 9.17) is 10.9 Å². The molecule has 0 aliphatic rings. The van der Waals surface area contributed by atoms with E-state index in [1.54, 1.807) is 6.21 Å². The van der Waals surface area contributed by atoms with E-state index in [0.29, 0.717) is 12.8 Å². The Morgan fingerprint density at radius 2 is 1.75 bits per heavy atom. The first-order valence-electron chi connectivity index (χ1n) is 9.44. The number of nitrogens with one attached hydrogen (secondary N) is 1.